The smallest absolute Gasteiger partial charge is 0.325 e. The lowest BCUT2D eigenvalue weighted by Crippen LogP contribution is -2.51. The van der Waals surface area contributed by atoms with Crippen LogP contribution >= 0.6 is 11.6 Å². The summed E-state index contributed by atoms with van der Waals surface area (Å²) in [4.78, 5) is 12.7. The van der Waals surface area contributed by atoms with Gasteiger partial charge in [-0.25, -0.2) is 18.3 Å². The summed E-state index contributed by atoms with van der Waals surface area (Å²) in [6, 6.07) is 28.8. The van der Waals surface area contributed by atoms with Crippen LogP contribution in [0, 0.1) is 0 Å². The molecule has 13 heteroatoms. The fraction of sp³-hybridized carbons (Fsp3) is 0.167. The third-order valence-corrected chi connectivity index (χ3v) is 10.0. The Kier molecular flexibility index (Phi) is 8.61. The van der Waals surface area contributed by atoms with Crippen LogP contribution < -0.4 is 14.6 Å². The normalized spacial score (nSPS) is 18.3. The lowest BCUT2D eigenvalue weighted by molar-refractivity contribution is -0.143. The summed E-state index contributed by atoms with van der Waals surface area (Å²) in [5.74, 6) is -1.05. The minimum Gasteiger partial charge on any atom is -0.480 e. The summed E-state index contributed by atoms with van der Waals surface area (Å²) in [6.07, 6.45) is -0.0331. The van der Waals surface area contributed by atoms with Gasteiger partial charge in [-0.15, -0.1) is 0 Å². The second-order valence-electron chi connectivity index (χ2n) is 10.0. The van der Waals surface area contributed by atoms with Gasteiger partial charge in [-0.2, -0.15) is 12.7 Å². The zero-order valence-electron chi connectivity index (χ0n) is 22.6. The number of carboxylic acids is 1. The van der Waals surface area contributed by atoms with Gasteiger partial charge in [0.1, 0.15) is 17.0 Å². The maximum Gasteiger partial charge on any atom is 0.325 e. The highest BCUT2D eigenvalue weighted by Crippen LogP contribution is 2.57. The Bertz CT molecular complexity index is 1840. The maximum absolute atomic E-state index is 14.1. The summed E-state index contributed by atoms with van der Waals surface area (Å²) < 4.78 is 60.1. The van der Waals surface area contributed by atoms with Crippen LogP contribution in [0.3, 0.4) is 0 Å². The van der Waals surface area contributed by atoms with E-state index in [1.54, 1.807) is 72.8 Å². The number of nitrogens with zero attached hydrogens (tertiary/aromatic N) is 1. The second-order valence-corrected chi connectivity index (χ2v) is 13.7. The summed E-state index contributed by atoms with van der Waals surface area (Å²) >= 11 is 5.97. The van der Waals surface area contributed by atoms with Crippen molar-refractivity contribution in [3.63, 3.8) is 0 Å². The fourth-order valence-corrected chi connectivity index (χ4v) is 7.37. The predicted molar refractivity (Wildman–Crippen MR) is 163 cm³/mol. The van der Waals surface area contributed by atoms with Crippen molar-refractivity contribution in [1.82, 2.24) is 9.03 Å². The molecule has 1 aliphatic rings. The van der Waals surface area contributed by atoms with E-state index in [1.165, 1.54) is 12.1 Å². The summed E-state index contributed by atoms with van der Waals surface area (Å²) in [6.45, 7) is -0.902. The third-order valence-electron chi connectivity index (χ3n) is 7.22. The van der Waals surface area contributed by atoms with Crippen molar-refractivity contribution in [1.29, 1.82) is 0 Å². The van der Waals surface area contributed by atoms with Crippen molar-refractivity contribution >= 4 is 37.8 Å². The number of benzene rings is 4. The Morgan fingerprint density at radius 2 is 1.51 bits per heavy atom. The lowest BCUT2D eigenvalue weighted by Gasteiger charge is -2.29. The molecule has 4 aromatic carbocycles. The maximum atomic E-state index is 14.1. The number of carboxylic acid groups (broad SMARTS) is 1. The average Bonchev–Trinajstić information content (AvgIpc) is 3.73. The molecule has 5 rings (SSSR count). The Labute approximate surface area is 254 Å². The van der Waals surface area contributed by atoms with Gasteiger partial charge in [-0.3, -0.25) is 4.79 Å². The number of ether oxygens (including phenoxy) is 1. The standard InChI is InChI=1S/C30H28ClN3O7S2/c31-24-13-9-21(10-14-24)22-11-15-27(16-12-22)42(37,38)34(18-17-33-43(32,39)40)30(29(35)36)20-28(30)23-5-4-8-26(19-23)41-25-6-2-1-3-7-25/h1-16,19,28,33H,17-18,20H2,(H,35,36)(H2,32,39,40)/t28-,30+/m0/s1. The highest BCUT2D eigenvalue weighted by atomic mass is 35.5. The number of hydrogen-bond donors (Lipinski definition) is 3. The molecule has 0 heterocycles. The van der Waals surface area contributed by atoms with E-state index in [-0.39, 0.29) is 11.3 Å². The Morgan fingerprint density at radius 3 is 2.12 bits per heavy atom. The number of carbonyl (C=O) groups is 1. The van der Waals surface area contributed by atoms with Crippen molar-refractivity contribution in [3.8, 4) is 22.6 Å². The van der Waals surface area contributed by atoms with Crippen LogP contribution in [0.4, 0.5) is 0 Å². The molecule has 43 heavy (non-hydrogen) atoms. The molecule has 4 N–H and O–H groups in total. The summed E-state index contributed by atoms with van der Waals surface area (Å²) in [5.41, 5.74) is 0.225. The van der Waals surface area contributed by atoms with E-state index < -0.39 is 50.7 Å². The SMILES string of the molecule is NS(=O)(=O)NCCN([C@]1(C(=O)O)C[C@H]1c1cccc(Oc2ccccc2)c1)S(=O)(=O)c1ccc(-c2ccc(Cl)cc2)cc1. The molecule has 0 unspecified atom stereocenters. The largest absolute Gasteiger partial charge is 0.480 e. The van der Waals surface area contributed by atoms with E-state index in [1.807, 2.05) is 18.2 Å². The first-order chi connectivity index (χ1) is 20.4. The molecule has 224 valence electrons. The highest BCUT2D eigenvalue weighted by molar-refractivity contribution is 7.89. The molecule has 0 spiro atoms. The molecule has 0 amide bonds. The van der Waals surface area contributed by atoms with E-state index in [0.29, 0.717) is 22.1 Å². The Hall–Kier alpha value is -3.78. The first kappa shape index (κ1) is 30.7. The van der Waals surface area contributed by atoms with Crippen LogP contribution in [0.2, 0.25) is 5.02 Å². The zero-order chi connectivity index (χ0) is 30.8. The minimum atomic E-state index is -4.44. The first-order valence-corrected chi connectivity index (χ1v) is 16.5. The van der Waals surface area contributed by atoms with E-state index in [4.69, 9.17) is 21.5 Å². The van der Waals surface area contributed by atoms with Crippen LogP contribution in [-0.2, 0) is 25.0 Å². The van der Waals surface area contributed by atoms with E-state index >= 15 is 0 Å². The molecular weight excluding hydrogens is 614 g/mol. The number of aliphatic carboxylic acids is 1. The quantitative estimate of drug-likeness (QED) is 0.204. The van der Waals surface area contributed by atoms with Gasteiger partial charge in [0, 0.05) is 24.0 Å². The number of sulfonamides is 1. The van der Waals surface area contributed by atoms with Crippen molar-refractivity contribution in [2.45, 2.75) is 22.8 Å². The molecule has 4 aromatic rings. The molecule has 10 nitrogen and oxygen atoms in total. The van der Waals surface area contributed by atoms with E-state index in [9.17, 15) is 26.7 Å². The van der Waals surface area contributed by atoms with Crippen LogP contribution in [-0.4, -0.2) is 50.8 Å². The van der Waals surface area contributed by atoms with Crippen LogP contribution in [0.5, 0.6) is 11.5 Å². The van der Waals surface area contributed by atoms with Crippen molar-refractivity contribution in [2.75, 3.05) is 13.1 Å². The van der Waals surface area contributed by atoms with Crippen LogP contribution in [0.25, 0.3) is 11.1 Å². The molecule has 0 aliphatic heterocycles. The van der Waals surface area contributed by atoms with Gasteiger partial charge in [0.05, 0.1) is 4.90 Å². The number of nitrogens with one attached hydrogen (secondary N) is 1. The van der Waals surface area contributed by atoms with Gasteiger partial charge in [0.2, 0.25) is 10.0 Å². The van der Waals surface area contributed by atoms with Gasteiger partial charge in [0.15, 0.2) is 0 Å². The minimum absolute atomic E-state index is 0.0331. The van der Waals surface area contributed by atoms with Crippen molar-refractivity contribution in [2.24, 2.45) is 5.14 Å². The lowest BCUT2D eigenvalue weighted by atomic mass is 10.1. The molecule has 0 aromatic heterocycles. The van der Waals surface area contributed by atoms with Crippen molar-refractivity contribution < 1.29 is 31.5 Å². The van der Waals surface area contributed by atoms with Gasteiger partial charge in [-0.05, 0) is 71.6 Å². The first-order valence-electron chi connectivity index (χ1n) is 13.1. The van der Waals surface area contributed by atoms with Crippen molar-refractivity contribution in [3.05, 3.63) is 114 Å². The van der Waals surface area contributed by atoms with Gasteiger partial charge < -0.3 is 9.84 Å². The van der Waals surface area contributed by atoms with Crippen LogP contribution in [0.15, 0.2) is 108 Å². The number of halogens is 1. The number of nitrogens with two attached hydrogens (primary N) is 1. The molecule has 0 saturated heterocycles. The van der Waals surface area contributed by atoms with E-state index in [0.717, 1.165) is 15.4 Å². The fourth-order valence-electron chi connectivity index (χ4n) is 5.10. The van der Waals surface area contributed by atoms with Gasteiger partial charge in [0.25, 0.3) is 10.2 Å². The number of rotatable bonds is 12. The number of para-hydroxylation sites is 1. The molecule has 1 saturated carbocycles. The molecular formula is C30H28ClN3O7S2. The molecule has 2 atom stereocenters. The monoisotopic (exact) mass is 641 g/mol. The highest BCUT2D eigenvalue weighted by Gasteiger charge is 2.67. The second kappa shape index (κ2) is 12.1. The summed E-state index contributed by atoms with van der Waals surface area (Å²) in [7, 11) is -8.60. The molecule has 1 fully saturated rings. The number of hydrogen-bond acceptors (Lipinski definition) is 6. The Balaban J connectivity index is 1.49. The van der Waals surface area contributed by atoms with E-state index in [2.05, 4.69) is 4.72 Å². The molecule has 0 radical (unpaired) electrons. The average molecular weight is 642 g/mol. The van der Waals surface area contributed by atoms with Gasteiger partial charge in [-0.1, -0.05) is 66.2 Å². The predicted octanol–water partition coefficient (Wildman–Crippen LogP) is 4.59. The topological polar surface area (TPSA) is 156 Å². The molecule has 1 aliphatic carbocycles. The Morgan fingerprint density at radius 1 is 0.907 bits per heavy atom. The zero-order valence-corrected chi connectivity index (χ0v) is 25.0. The third kappa shape index (κ3) is 6.74. The summed E-state index contributed by atoms with van der Waals surface area (Å²) in [5, 5.41) is 16.1. The molecule has 0 bridgehead atoms. The van der Waals surface area contributed by atoms with Gasteiger partial charge >= 0.3 is 5.97 Å². The van der Waals surface area contributed by atoms with Crippen LogP contribution in [0.1, 0.15) is 17.9 Å².